The molecule has 0 radical (unpaired) electrons. The Balaban J connectivity index is 2.57. The van der Waals surface area contributed by atoms with E-state index in [-0.39, 0.29) is 37.4 Å². The van der Waals surface area contributed by atoms with Crippen LogP contribution in [0.1, 0.15) is 20.8 Å². The third kappa shape index (κ3) is 2.95. The molecule has 1 atom stereocenters. The molecule has 1 rings (SSSR count). The zero-order valence-corrected chi connectivity index (χ0v) is 10.1. The monoisotopic (exact) mass is 228 g/mol. The second-order valence-corrected chi connectivity index (χ2v) is 4.49. The lowest BCUT2D eigenvalue weighted by molar-refractivity contribution is -0.151. The highest BCUT2D eigenvalue weighted by atomic mass is 16.3. The molecule has 0 aromatic heterocycles. The Morgan fingerprint density at radius 3 is 2.19 bits per heavy atom. The molecule has 0 spiro atoms. The van der Waals surface area contributed by atoms with Crippen molar-refractivity contribution in [3.63, 3.8) is 0 Å². The van der Waals surface area contributed by atoms with E-state index < -0.39 is 6.10 Å². The average Bonchev–Trinajstić information content (AvgIpc) is 2.22. The topological polar surface area (TPSA) is 60.9 Å². The van der Waals surface area contributed by atoms with E-state index in [1.807, 2.05) is 20.8 Å². The number of likely N-dealkylation sites (N-methyl/N-ethyl adjacent to an activating group) is 1. The summed E-state index contributed by atoms with van der Waals surface area (Å²) >= 11 is 0. The third-order valence-electron chi connectivity index (χ3n) is 2.92. The van der Waals surface area contributed by atoms with Gasteiger partial charge in [0.2, 0.25) is 11.8 Å². The molecule has 5 nitrogen and oxygen atoms in total. The number of β-amino-alcohol motifs (C(OH)–C–C–N with tert-alkyl or cyclic N) is 1. The van der Waals surface area contributed by atoms with E-state index in [1.165, 1.54) is 9.80 Å². The minimum atomic E-state index is -0.565. The van der Waals surface area contributed by atoms with Crippen LogP contribution in [0.5, 0.6) is 0 Å². The molecule has 0 aliphatic carbocycles. The first-order valence-corrected chi connectivity index (χ1v) is 5.69. The standard InChI is InChI=1S/C11H20N2O3/c1-4-12-6-11(16)13(7-10(12)15)5-9(14)8(2)3/h8-9,14H,4-7H2,1-3H3. The zero-order chi connectivity index (χ0) is 12.3. The van der Waals surface area contributed by atoms with Crippen LogP contribution in [-0.4, -0.2) is 59.0 Å². The lowest BCUT2D eigenvalue weighted by atomic mass is 10.1. The van der Waals surface area contributed by atoms with Gasteiger partial charge in [0, 0.05) is 13.1 Å². The highest BCUT2D eigenvalue weighted by Crippen LogP contribution is 2.09. The highest BCUT2D eigenvalue weighted by Gasteiger charge is 2.30. The molecule has 1 unspecified atom stereocenters. The number of amides is 2. The maximum atomic E-state index is 11.7. The van der Waals surface area contributed by atoms with E-state index in [0.29, 0.717) is 6.54 Å². The lowest BCUT2D eigenvalue weighted by Crippen LogP contribution is -2.55. The molecule has 0 aromatic rings. The van der Waals surface area contributed by atoms with E-state index in [9.17, 15) is 14.7 Å². The molecule has 16 heavy (non-hydrogen) atoms. The predicted molar refractivity (Wildman–Crippen MR) is 59.7 cm³/mol. The minimum Gasteiger partial charge on any atom is -0.391 e. The number of aliphatic hydroxyl groups excluding tert-OH is 1. The van der Waals surface area contributed by atoms with E-state index in [0.717, 1.165) is 0 Å². The Bertz CT molecular complexity index is 278. The van der Waals surface area contributed by atoms with Gasteiger partial charge in [-0.3, -0.25) is 9.59 Å². The van der Waals surface area contributed by atoms with Gasteiger partial charge in [0.15, 0.2) is 0 Å². The molecule has 0 saturated carbocycles. The van der Waals surface area contributed by atoms with Crippen molar-refractivity contribution < 1.29 is 14.7 Å². The van der Waals surface area contributed by atoms with Crippen molar-refractivity contribution in [2.24, 2.45) is 5.92 Å². The van der Waals surface area contributed by atoms with Crippen molar-refractivity contribution >= 4 is 11.8 Å². The largest absolute Gasteiger partial charge is 0.391 e. The quantitative estimate of drug-likeness (QED) is 0.718. The van der Waals surface area contributed by atoms with Crippen molar-refractivity contribution in [1.29, 1.82) is 0 Å². The Labute approximate surface area is 96.0 Å². The Morgan fingerprint density at radius 1 is 1.19 bits per heavy atom. The molecule has 1 heterocycles. The molecular weight excluding hydrogens is 208 g/mol. The average molecular weight is 228 g/mol. The van der Waals surface area contributed by atoms with E-state index in [1.54, 1.807) is 0 Å². The molecule has 0 bridgehead atoms. The Kier molecular flexibility index (Phi) is 4.29. The first-order chi connectivity index (χ1) is 7.45. The van der Waals surface area contributed by atoms with Crippen LogP contribution in [0.2, 0.25) is 0 Å². The summed E-state index contributed by atoms with van der Waals surface area (Å²) in [5.41, 5.74) is 0. The number of hydrogen-bond acceptors (Lipinski definition) is 3. The second-order valence-electron chi connectivity index (χ2n) is 4.49. The number of carbonyl (C=O) groups excluding carboxylic acids is 2. The summed E-state index contributed by atoms with van der Waals surface area (Å²) in [5.74, 6) is -0.0358. The summed E-state index contributed by atoms with van der Waals surface area (Å²) in [6.07, 6.45) is -0.565. The number of carbonyl (C=O) groups is 2. The first kappa shape index (κ1) is 13.0. The fourth-order valence-electron chi connectivity index (χ4n) is 1.59. The van der Waals surface area contributed by atoms with Crippen LogP contribution in [0, 0.1) is 5.92 Å². The van der Waals surface area contributed by atoms with E-state index >= 15 is 0 Å². The summed E-state index contributed by atoms with van der Waals surface area (Å²) in [4.78, 5) is 26.2. The number of nitrogens with zero attached hydrogens (tertiary/aromatic N) is 2. The van der Waals surface area contributed by atoms with Crippen molar-refractivity contribution in [1.82, 2.24) is 9.80 Å². The van der Waals surface area contributed by atoms with Gasteiger partial charge in [-0.15, -0.1) is 0 Å². The zero-order valence-electron chi connectivity index (χ0n) is 10.1. The van der Waals surface area contributed by atoms with Gasteiger partial charge in [-0.2, -0.15) is 0 Å². The predicted octanol–water partition coefficient (Wildman–Crippen LogP) is -0.306. The van der Waals surface area contributed by atoms with Crippen LogP contribution < -0.4 is 0 Å². The summed E-state index contributed by atoms with van der Waals surface area (Å²) in [6, 6.07) is 0. The molecule has 1 saturated heterocycles. The van der Waals surface area contributed by atoms with Crippen molar-refractivity contribution in [2.75, 3.05) is 26.2 Å². The molecular formula is C11H20N2O3. The van der Waals surface area contributed by atoms with Crippen LogP contribution in [0.25, 0.3) is 0 Å². The molecule has 1 N–H and O–H groups in total. The van der Waals surface area contributed by atoms with Gasteiger partial charge in [0.1, 0.15) is 0 Å². The van der Waals surface area contributed by atoms with Crippen LogP contribution in [0.4, 0.5) is 0 Å². The third-order valence-corrected chi connectivity index (χ3v) is 2.92. The number of aliphatic hydroxyl groups is 1. The Hall–Kier alpha value is -1.10. The van der Waals surface area contributed by atoms with Crippen LogP contribution in [-0.2, 0) is 9.59 Å². The van der Waals surface area contributed by atoms with Crippen LogP contribution >= 0.6 is 0 Å². The molecule has 5 heteroatoms. The molecule has 1 aliphatic rings. The van der Waals surface area contributed by atoms with Gasteiger partial charge in [-0.05, 0) is 12.8 Å². The SMILES string of the molecule is CCN1CC(=O)N(CC(O)C(C)C)CC1=O. The number of hydrogen-bond donors (Lipinski definition) is 1. The van der Waals surface area contributed by atoms with Gasteiger partial charge in [0.05, 0.1) is 19.2 Å². The van der Waals surface area contributed by atoms with E-state index in [4.69, 9.17) is 0 Å². The minimum absolute atomic E-state index is 0.0435. The van der Waals surface area contributed by atoms with Gasteiger partial charge in [0.25, 0.3) is 0 Å². The van der Waals surface area contributed by atoms with Gasteiger partial charge >= 0.3 is 0 Å². The molecule has 0 aromatic carbocycles. The van der Waals surface area contributed by atoms with Gasteiger partial charge in [-0.1, -0.05) is 13.8 Å². The lowest BCUT2D eigenvalue weighted by Gasteiger charge is -2.34. The molecule has 1 aliphatic heterocycles. The maximum Gasteiger partial charge on any atom is 0.242 e. The van der Waals surface area contributed by atoms with E-state index in [2.05, 4.69) is 0 Å². The van der Waals surface area contributed by atoms with Gasteiger partial charge < -0.3 is 14.9 Å². The second kappa shape index (κ2) is 5.30. The fraction of sp³-hybridized carbons (Fsp3) is 0.818. The number of rotatable bonds is 4. The van der Waals surface area contributed by atoms with Crippen molar-refractivity contribution in [2.45, 2.75) is 26.9 Å². The number of piperazine rings is 1. The Morgan fingerprint density at radius 2 is 1.69 bits per heavy atom. The molecule has 1 fully saturated rings. The maximum absolute atomic E-state index is 11.7. The fourth-order valence-corrected chi connectivity index (χ4v) is 1.59. The first-order valence-electron chi connectivity index (χ1n) is 5.69. The summed E-state index contributed by atoms with van der Waals surface area (Å²) in [6.45, 7) is 6.67. The van der Waals surface area contributed by atoms with Crippen molar-refractivity contribution in [3.8, 4) is 0 Å². The van der Waals surface area contributed by atoms with Crippen LogP contribution in [0.3, 0.4) is 0 Å². The smallest absolute Gasteiger partial charge is 0.242 e. The van der Waals surface area contributed by atoms with Gasteiger partial charge in [-0.25, -0.2) is 0 Å². The highest BCUT2D eigenvalue weighted by molar-refractivity contribution is 5.92. The molecule has 2 amide bonds. The van der Waals surface area contributed by atoms with Crippen molar-refractivity contribution in [3.05, 3.63) is 0 Å². The van der Waals surface area contributed by atoms with Crippen LogP contribution in [0.15, 0.2) is 0 Å². The summed E-state index contributed by atoms with van der Waals surface area (Å²) in [7, 11) is 0. The summed E-state index contributed by atoms with van der Waals surface area (Å²) < 4.78 is 0. The summed E-state index contributed by atoms with van der Waals surface area (Å²) in [5, 5.41) is 9.69. The normalized spacial score (nSPS) is 19.6. The molecule has 92 valence electrons.